The molecule has 276 valence electrons. The summed E-state index contributed by atoms with van der Waals surface area (Å²) in [5, 5.41) is 46.8. The molecule has 0 saturated heterocycles. The molecule has 3 aromatic heterocycles. The number of phenolic OH excluding ortho intramolecular Hbond substituents is 4. The van der Waals surface area contributed by atoms with Gasteiger partial charge in [0.25, 0.3) is 0 Å². The number of phenols is 4. The minimum atomic E-state index is -0.857. The summed E-state index contributed by atoms with van der Waals surface area (Å²) in [5.41, 5.74) is 7.98. The van der Waals surface area contributed by atoms with Gasteiger partial charge in [-0.15, -0.1) is 11.3 Å². The summed E-state index contributed by atoms with van der Waals surface area (Å²) >= 11 is 1.81. The summed E-state index contributed by atoms with van der Waals surface area (Å²) in [5.74, 6) is -2.21. The fourth-order valence-corrected chi connectivity index (χ4v) is 10.3. The van der Waals surface area contributed by atoms with Gasteiger partial charge in [-0.1, -0.05) is 85.0 Å². The maximum atomic E-state index is 11.3. The van der Waals surface area contributed by atoms with Crippen LogP contribution in [0.3, 0.4) is 0 Å². The van der Waals surface area contributed by atoms with Crippen LogP contribution in [0.1, 0.15) is 36.6 Å². The molecule has 2 aliphatic carbocycles. The van der Waals surface area contributed by atoms with E-state index in [0.29, 0.717) is 17.3 Å². The van der Waals surface area contributed by atoms with Gasteiger partial charge in [0.2, 0.25) is 17.4 Å². The third-order valence-corrected chi connectivity index (χ3v) is 13.1. The highest BCUT2D eigenvalue weighted by Gasteiger charge is 2.47. The van der Waals surface area contributed by atoms with Crippen LogP contribution < -0.4 is 10.4 Å². The molecule has 11 heteroatoms. The number of hydrogen-bond donors (Lipinski definition) is 4. The highest BCUT2D eigenvalue weighted by atomic mass is 32.1. The zero-order valence-electron chi connectivity index (χ0n) is 31.0. The van der Waals surface area contributed by atoms with Gasteiger partial charge in [0.1, 0.15) is 7.85 Å². The lowest BCUT2D eigenvalue weighted by molar-refractivity contribution is 0.348. The minimum Gasteiger partial charge on any atom is -0.505 e. The number of rotatable bonds is 4. The van der Waals surface area contributed by atoms with Gasteiger partial charge in [-0.3, -0.25) is 4.57 Å². The maximum Gasteiger partial charge on any atom is 0.238 e. The lowest BCUT2D eigenvalue weighted by Gasteiger charge is -2.39. The van der Waals surface area contributed by atoms with Crippen LogP contribution in [-0.2, 0) is 6.42 Å². The van der Waals surface area contributed by atoms with Gasteiger partial charge >= 0.3 is 0 Å². The number of aryl methyl sites for hydroxylation is 1. The fraction of sp³-hybridized carbons (Fsp3) is 0.109. The molecular weight excluding hydrogens is 729 g/mol. The number of thiophene rings is 1. The Hall–Kier alpha value is -6.85. The van der Waals surface area contributed by atoms with E-state index in [1.807, 2.05) is 30.3 Å². The number of aromatic nitrogens is 4. The normalized spacial score (nSPS) is 17.0. The van der Waals surface area contributed by atoms with Crippen LogP contribution in [0.5, 0.6) is 23.0 Å². The van der Waals surface area contributed by atoms with Gasteiger partial charge in [-0.25, -0.2) is 4.98 Å². The van der Waals surface area contributed by atoms with Crippen LogP contribution >= 0.6 is 11.3 Å². The van der Waals surface area contributed by atoms with Crippen molar-refractivity contribution in [3.63, 3.8) is 0 Å². The van der Waals surface area contributed by atoms with E-state index >= 15 is 0 Å². The molecule has 5 aromatic carbocycles. The Morgan fingerprint density at radius 2 is 1.53 bits per heavy atom. The first kappa shape index (κ1) is 33.5. The molecule has 0 saturated carbocycles. The van der Waals surface area contributed by atoms with E-state index in [9.17, 15) is 20.4 Å². The third-order valence-electron chi connectivity index (χ3n) is 11.9. The quantitative estimate of drug-likeness (QED) is 0.0796. The third kappa shape index (κ3) is 4.66. The lowest BCUT2D eigenvalue weighted by atomic mass is 9.83. The van der Waals surface area contributed by atoms with Crippen LogP contribution in [-0.4, -0.2) is 53.3 Å². The van der Waals surface area contributed by atoms with Gasteiger partial charge in [-0.05, 0) is 73.1 Å². The molecule has 0 fully saturated rings. The lowest BCUT2D eigenvalue weighted by Crippen LogP contribution is -2.40. The molecular formula is C46H34BN5O4S. The van der Waals surface area contributed by atoms with Crippen molar-refractivity contribution in [1.82, 2.24) is 19.5 Å². The minimum absolute atomic E-state index is 0.0117. The zero-order chi connectivity index (χ0) is 38.7. The van der Waals surface area contributed by atoms with Crippen LogP contribution in [0.25, 0.3) is 71.4 Å². The van der Waals surface area contributed by atoms with E-state index in [2.05, 4.69) is 101 Å². The predicted molar refractivity (Wildman–Crippen MR) is 231 cm³/mol. The zero-order valence-corrected chi connectivity index (χ0v) is 31.8. The average molecular weight is 764 g/mol. The molecule has 4 heterocycles. The van der Waals surface area contributed by atoms with Gasteiger partial charge in [0.05, 0.1) is 28.0 Å². The fourth-order valence-electron chi connectivity index (χ4n) is 9.19. The van der Waals surface area contributed by atoms with Crippen molar-refractivity contribution in [1.29, 1.82) is 0 Å². The predicted octanol–water partition coefficient (Wildman–Crippen LogP) is 8.81. The Labute approximate surface area is 331 Å². The first-order valence-corrected chi connectivity index (χ1v) is 19.8. The Morgan fingerprint density at radius 3 is 2.39 bits per heavy atom. The highest BCUT2D eigenvalue weighted by molar-refractivity contribution is 7.25. The van der Waals surface area contributed by atoms with Crippen molar-refractivity contribution >= 4 is 78.7 Å². The van der Waals surface area contributed by atoms with E-state index in [1.54, 1.807) is 11.3 Å². The van der Waals surface area contributed by atoms with Crippen molar-refractivity contribution in [2.24, 2.45) is 0 Å². The van der Waals surface area contributed by atoms with E-state index in [1.165, 1.54) is 39.2 Å². The Morgan fingerprint density at radius 1 is 0.754 bits per heavy atom. The Bertz CT molecular complexity index is 3120. The van der Waals surface area contributed by atoms with Crippen molar-refractivity contribution in [3.8, 4) is 51.7 Å². The number of aromatic hydroxyl groups is 4. The average Bonchev–Trinajstić information content (AvgIpc) is 3.87. The van der Waals surface area contributed by atoms with Crippen LogP contribution in [0.2, 0.25) is 0 Å². The molecule has 1 aliphatic heterocycles. The standard InChI is InChI=1S/C46H34BN5O4S/c1-46-22-10-9-15-31(46)29-20-19-28-26-13-5-7-16-32(26)51(37(28)38(29)52(46)25-18-21-34-30(23-25)27-14-6-8-17-33(27)57-34)45-49-43(24-11-3-2-4-12-24)48-44(50-45)35-36(47)40(54)42(56)41(55)39(35)53/h2-4,6-12,14-21,23,53-56H,5,13,22,47H2,1H3. The molecule has 11 rings (SSSR count). The molecule has 9 nitrogen and oxygen atoms in total. The summed E-state index contributed by atoms with van der Waals surface area (Å²) < 4.78 is 4.61. The number of nitrogens with zero attached hydrogens (tertiary/aromatic N) is 5. The monoisotopic (exact) mass is 763 g/mol. The van der Waals surface area contributed by atoms with E-state index < -0.39 is 28.5 Å². The topological polar surface area (TPSA) is 128 Å². The largest absolute Gasteiger partial charge is 0.505 e. The van der Waals surface area contributed by atoms with E-state index in [0.717, 1.165) is 52.8 Å². The number of benzene rings is 5. The van der Waals surface area contributed by atoms with Crippen LogP contribution in [0, 0.1) is 0 Å². The summed E-state index contributed by atoms with van der Waals surface area (Å²) in [6.07, 6.45) is 13.5. The van der Waals surface area contributed by atoms with Gasteiger partial charge in [-0.2, -0.15) is 9.97 Å². The maximum absolute atomic E-state index is 11.3. The number of hydrogen-bond acceptors (Lipinski definition) is 9. The molecule has 0 amide bonds. The number of anilines is 2. The molecule has 8 aromatic rings. The Kier molecular flexibility index (Phi) is 7.09. The molecule has 0 bridgehead atoms. The highest BCUT2D eigenvalue weighted by Crippen LogP contribution is 2.58. The van der Waals surface area contributed by atoms with Gasteiger partial charge < -0.3 is 25.3 Å². The van der Waals surface area contributed by atoms with Crippen molar-refractivity contribution < 1.29 is 20.4 Å². The summed E-state index contributed by atoms with van der Waals surface area (Å²) in [7, 11) is 1.54. The van der Waals surface area contributed by atoms with Crippen LogP contribution in [0.4, 0.5) is 11.4 Å². The molecule has 0 spiro atoms. The Balaban J connectivity index is 1.25. The van der Waals surface area contributed by atoms with Crippen molar-refractivity contribution in [3.05, 3.63) is 126 Å². The summed E-state index contributed by atoms with van der Waals surface area (Å²) in [4.78, 5) is 17.5. The first-order valence-electron chi connectivity index (χ1n) is 19.0. The molecule has 3 aliphatic rings. The molecule has 57 heavy (non-hydrogen) atoms. The summed E-state index contributed by atoms with van der Waals surface area (Å²) in [6.45, 7) is 2.32. The first-order chi connectivity index (χ1) is 27.7. The molecule has 1 atom stereocenters. The van der Waals surface area contributed by atoms with E-state index in [-0.39, 0.29) is 16.9 Å². The summed E-state index contributed by atoms with van der Waals surface area (Å²) in [6, 6.07) is 29.4. The molecule has 0 radical (unpaired) electrons. The molecule has 4 N–H and O–H groups in total. The second-order valence-corrected chi connectivity index (χ2v) is 16.2. The molecule has 1 unspecified atom stereocenters. The van der Waals surface area contributed by atoms with Crippen LogP contribution in [0.15, 0.2) is 109 Å². The second-order valence-electron chi connectivity index (χ2n) is 15.1. The van der Waals surface area contributed by atoms with Crippen molar-refractivity contribution in [2.45, 2.75) is 31.7 Å². The van der Waals surface area contributed by atoms with E-state index in [4.69, 9.17) is 15.0 Å². The number of allylic oxidation sites excluding steroid dienone is 3. The second kappa shape index (κ2) is 12.1. The SMILES string of the molecule is Bc1c(O)c(O)c(O)c(O)c1-c1nc(-c2ccccc2)nc(-n2c3c(c4ccc5c(c42)N(c2ccc4sc6ccccc6c4c2)C2(C)CC=CC=C52)CCC=C3)n1. The van der Waals surface area contributed by atoms with Gasteiger partial charge in [0, 0.05) is 42.4 Å². The smallest absolute Gasteiger partial charge is 0.238 e. The van der Waals surface area contributed by atoms with Crippen molar-refractivity contribution in [2.75, 3.05) is 4.90 Å². The number of fused-ring (bicyclic) bond motifs is 10. The van der Waals surface area contributed by atoms with Gasteiger partial charge in [0.15, 0.2) is 23.1 Å².